The van der Waals surface area contributed by atoms with Crippen molar-refractivity contribution in [1.29, 1.82) is 0 Å². The Bertz CT molecular complexity index is 1260. The lowest BCUT2D eigenvalue weighted by Gasteiger charge is -2.33. The van der Waals surface area contributed by atoms with Gasteiger partial charge in [-0.15, -0.1) is 0 Å². The first-order chi connectivity index (χ1) is 16.2. The molecule has 1 unspecified atom stereocenters. The van der Waals surface area contributed by atoms with Crippen molar-refractivity contribution in [1.82, 2.24) is 14.5 Å². The molecule has 0 aliphatic carbocycles. The number of rotatable bonds is 6. The second-order valence-corrected chi connectivity index (χ2v) is 10.8. The fraction of sp³-hybridized carbons (Fsp3) is 0.480. The predicted molar refractivity (Wildman–Crippen MR) is 131 cm³/mol. The number of piperidine rings is 1. The van der Waals surface area contributed by atoms with E-state index in [0.29, 0.717) is 17.8 Å². The molecule has 0 spiro atoms. The molecule has 9 heteroatoms. The van der Waals surface area contributed by atoms with Crippen molar-refractivity contribution < 1.29 is 19.0 Å². The van der Waals surface area contributed by atoms with Gasteiger partial charge >= 0.3 is 5.69 Å². The molecule has 0 bridgehead atoms. The lowest BCUT2D eigenvalue weighted by atomic mass is 10.0. The fourth-order valence-electron chi connectivity index (χ4n) is 5.11. The molecular weight excluding hydrogens is 505 g/mol. The summed E-state index contributed by atoms with van der Waals surface area (Å²) in [5.41, 5.74) is 1.86. The van der Waals surface area contributed by atoms with Crippen molar-refractivity contribution in [2.45, 2.75) is 50.9 Å². The summed E-state index contributed by atoms with van der Waals surface area (Å²) in [6.07, 6.45) is 1.71. The van der Waals surface area contributed by atoms with Crippen molar-refractivity contribution in [3.05, 3.63) is 56.7 Å². The number of ether oxygens (including phenoxy) is 2. The molecule has 2 aromatic carbocycles. The SMILES string of the molecule is CC1(C)Cc2cc(Br)cc(OCC(O)CN3CCC(n4c(=O)[nH]c5cc(F)ccc54)CC3)c2O1. The lowest BCUT2D eigenvalue weighted by molar-refractivity contribution is 0.0536. The molecule has 34 heavy (non-hydrogen) atoms. The first-order valence-corrected chi connectivity index (χ1v) is 12.4. The van der Waals surface area contributed by atoms with E-state index in [4.69, 9.17) is 9.47 Å². The normalized spacial score (nSPS) is 19.2. The highest BCUT2D eigenvalue weighted by Crippen LogP contribution is 2.43. The highest BCUT2D eigenvalue weighted by atomic mass is 79.9. The largest absolute Gasteiger partial charge is 0.487 e. The van der Waals surface area contributed by atoms with E-state index >= 15 is 0 Å². The van der Waals surface area contributed by atoms with Gasteiger partial charge in [-0.05, 0) is 57.0 Å². The number of hydrogen-bond donors (Lipinski definition) is 2. The van der Waals surface area contributed by atoms with E-state index in [2.05, 4.69) is 25.8 Å². The van der Waals surface area contributed by atoms with E-state index in [0.717, 1.165) is 53.7 Å². The van der Waals surface area contributed by atoms with Gasteiger partial charge in [0.25, 0.3) is 0 Å². The third kappa shape index (κ3) is 4.74. The minimum atomic E-state index is -0.653. The van der Waals surface area contributed by atoms with E-state index < -0.39 is 6.10 Å². The number of benzene rings is 2. The third-order valence-electron chi connectivity index (χ3n) is 6.59. The number of likely N-dealkylation sites (tertiary alicyclic amines) is 1. The van der Waals surface area contributed by atoms with Crippen LogP contribution in [0.5, 0.6) is 11.5 Å². The minimum Gasteiger partial charge on any atom is -0.487 e. The van der Waals surface area contributed by atoms with Gasteiger partial charge < -0.3 is 24.5 Å². The number of aliphatic hydroxyl groups excluding tert-OH is 1. The van der Waals surface area contributed by atoms with Gasteiger partial charge in [0.2, 0.25) is 0 Å². The van der Waals surface area contributed by atoms with Gasteiger partial charge in [0.1, 0.15) is 24.1 Å². The van der Waals surface area contributed by atoms with Crippen molar-refractivity contribution >= 4 is 27.0 Å². The number of fused-ring (bicyclic) bond motifs is 2. The summed E-state index contributed by atoms with van der Waals surface area (Å²) in [7, 11) is 0. The number of hydrogen-bond acceptors (Lipinski definition) is 5. The smallest absolute Gasteiger partial charge is 0.326 e. The van der Waals surface area contributed by atoms with Gasteiger partial charge in [0, 0.05) is 42.1 Å². The number of halogens is 2. The van der Waals surface area contributed by atoms with Crippen LogP contribution in [0, 0.1) is 5.82 Å². The molecule has 3 aromatic rings. The first kappa shape index (κ1) is 23.4. The fourth-order valence-corrected chi connectivity index (χ4v) is 5.59. The lowest BCUT2D eigenvalue weighted by Crippen LogP contribution is -2.42. The Labute approximate surface area is 205 Å². The Balaban J connectivity index is 1.17. The van der Waals surface area contributed by atoms with Crippen molar-refractivity contribution in [3.8, 4) is 11.5 Å². The van der Waals surface area contributed by atoms with Crippen LogP contribution in [0.25, 0.3) is 11.0 Å². The van der Waals surface area contributed by atoms with Crippen LogP contribution in [-0.4, -0.2) is 57.5 Å². The molecule has 0 saturated carbocycles. The van der Waals surface area contributed by atoms with Gasteiger partial charge in [-0.2, -0.15) is 0 Å². The Hall–Kier alpha value is -2.36. The van der Waals surface area contributed by atoms with Crippen LogP contribution in [0.4, 0.5) is 4.39 Å². The molecule has 2 aliphatic heterocycles. The maximum Gasteiger partial charge on any atom is 0.326 e. The Morgan fingerprint density at radius 3 is 2.82 bits per heavy atom. The number of aromatic nitrogens is 2. The maximum absolute atomic E-state index is 13.5. The topological polar surface area (TPSA) is 79.7 Å². The van der Waals surface area contributed by atoms with Crippen molar-refractivity contribution in [3.63, 3.8) is 0 Å². The minimum absolute atomic E-state index is 0.0427. The third-order valence-corrected chi connectivity index (χ3v) is 7.05. The van der Waals surface area contributed by atoms with E-state index in [-0.39, 0.29) is 29.8 Å². The van der Waals surface area contributed by atoms with Crippen LogP contribution in [0.15, 0.2) is 39.6 Å². The van der Waals surface area contributed by atoms with E-state index in [1.165, 1.54) is 12.1 Å². The van der Waals surface area contributed by atoms with Gasteiger partial charge in [0.05, 0.1) is 11.0 Å². The molecular formula is C25H29BrFN3O4. The highest BCUT2D eigenvalue weighted by Gasteiger charge is 2.33. The van der Waals surface area contributed by atoms with Crippen LogP contribution in [-0.2, 0) is 6.42 Å². The zero-order valence-corrected chi connectivity index (χ0v) is 20.9. The number of aliphatic hydroxyl groups is 1. The average molecular weight is 534 g/mol. The summed E-state index contributed by atoms with van der Waals surface area (Å²) in [4.78, 5) is 17.4. The molecule has 2 aliphatic rings. The quantitative estimate of drug-likeness (QED) is 0.500. The van der Waals surface area contributed by atoms with Crippen LogP contribution in [0.2, 0.25) is 0 Å². The first-order valence-electron chi connectivity index (χ1n) is 11.6. The summed E-state index contributed by atoms with van der Waals surface area (Å²) in [5.74, 6) is 1.03. The Kier molecular flexibility index (Phi) is 6.20. The molecule has 1 saturated heterocycles. The molecule has 2 N–H and O–H groups in total. The van der Waals surface area contributed by atoms with Gasteiger partial charge in [0.15, 0.2) is 11.5 Å². The number of H-pyrrole nitrogens is 1. The van der Waals surface area contributed by atoms with Crippen LogP contribution in [0.3, 0.4) is 0 Å². The van der Waals surface area contributed by atoms with Crippen LogP contribution in [0.1, 0.15) is 38.3 Å². The standard InChI is InChI=1S/C25H29BrFN3O4/c1-25(2)12-15-9-16(26)10-22(23(15)34-25)33-14-19(31)13-29-7-5-18(6-8-29)30-21-4-3-17(27)11-20(21)28-24(30)32/h3-4,9-11,18-19,31H,5-8,12-14H2,1-2H3,(H,28,32). The Morgan fingerprint density at radius 2 is 2.06 bits per heavy atom. The summed E-state index contributed by atoms with van der Waals surface area (Å²) < 4.78 is 28.2. The van der Waals surface area contributed by atoms with E-state index in [1.54, 1.807) is 10.6 Å². The van der Waals surface area contributed by atoms with Crippen molar-refractivity contribution in [2.75, 3.05) is 26.2 Å². The monoisotopic (exact) mass is 533 g/mol. The number of nitrogens with zero attached hydrogens (tertiary/aromatic N) is 2. The molecule has 1 aromatic heterocycles. The van der Waals surface area contributed by atoms with Gasteiger partial charge in [-0.1, -0.05) is 15.9 Å². The van der Waals surface area contributed by atoms with Crippen LogP contribution < -0.4 is 15.2 Å². The van der Waals surface area contributed by atoms with Crippen LogP contribution >= 0.6 is 15.9 Å². The number of imidazole rings is 1. The molecule has 3 heterocycles. The molecule has 1 atom stereocenters. The van der Waals surface area contributed by atoms with E-state index in [9.17, 15) is 14.3 Å². The van der Waals surface area contributed by atoms with Crippen molar-refractivity contribution in [2.24, 2.45) is 0 Å². The molecule has 182 valence electrons. The highest BCUT2D eigenvalue weighted by molar-refractivity contribution is 9.10. The molecule has 0 amide bonds. The molecule has 1 fully saturated rings. The van der Waals surface area contributed by atoms with E-state index in [1.807, 2.05) is 26.0 Å². The summed E-state index contributed by atoms with van der Waals surface area (Å²) in [6.45, 7) is 6.26. The zero-order chi connectivity index (χ0) is 24.0. The second kappa shape index (κ2) is 9.02. The second-order valence-electron chi connectivity index (χ2n) is 9.89. The Morgan fingerprint density at radius 1 is 1.29 bits per heavy atom. The molecule has 5 rings (SSSR count). The zero-order valence-electron chi connectivity index (χ0n) is 19.3. The summed E-state index contributed by atoms with van der Waals surface area (Å²) in [6, 6.07) is 8.35. The average Bonchev–Trinajstić information content (AvgIpc) is 3.26. The predicted octanol–water partition coefficient (Wildman–Crippen LogP) is 4.02. The molecule has 0 radical (unpaired) electrons. The number of nitrogens with one attached hydrogen (secondary N) is 1. The number of aromatic amines is 1. The maximum atomic E-state index is 13.5. The van der Waals surface area contributed by atoms with Gasteiger partial charge in [-0.3, -0.25) is 4.57 Å². The number of β-amino-alcohol motifs (C(OH)–C–C–N with tert-alkyl or cyclic N) is 1. The summed E-state index contributed by atoms with van der Waals surface area (Å²) in [5, 5.41) is 10.6. The molecule has 7 nitrogen and oxygen atoms in total. The van der Waals surface area contributed by atoms with Gasteiger partial charge in [-0.25, -0.2) is 9.18 Å². The summed E-state index contributed by atoms with van der Waals surface area (Å²) >= 11 is 3.53.